The fraction of sp³-hybridized carbons (Fsp3) is 0.421. The maximum absolute atomic E-state index is 12.8. The van der Waals surface area contributed by atoms with Gasteiger partial charge >= 0.3 is 0 Å². The Morgan fingerprint density at radius 2 is 1.96 bits per heavy atom. The average Bonchev–Trinajstić information content (AvgIpc) is 2.72. The summed E-state index contributed by atoms with van der Waals surface area (Å²) in [5, 5.41) is 3.21. The number of aryl methyl sites for hydroxylation is 1. The van der Waals surface area contributed by atoms with E-state index in [1.807, 2.05) is 18.2 Å². The van der Waals surface area contributed by atoms with Crippen molar-refractivity contribution in [2.75, 3.05) is 45.8 Å². The van der Waals surface area contributed by atoms with Crippen molar-refractivity contribution in [1.82, 2.24) is 14.5 Å². The summed E-state index contributed by atoms with van der Waals surface area (Å²) < 4.78 is 17.9. The molecule has 1 N–H and O–H groups in total. The van der Waals surface area contributed by atoms with Crippen molar-refractivity contribution in [2.45, 2.75) is 13.1 Å². The van der Waals surface area contributed by atoms with Crippen LogP contribution < -0.4 is 20.3 Å². The van der Waals surface area contributed by atoms with E-state index in [4.69, 9.17) is 19.2 Å². The van der Waals surface area contributed by atoms with Crippen LogP contribution in [0.4, 0.5) is 5.95 Å². The second-order valence-corrected chi connectivity index (χ2v) is 6.59. The number of benzene rings is 1. The first-order chi connectivity index (χ1) is 13.6. The second kappa shape index (κ2) is 7.51. The minimum atomic E-state index is -0.625. The van der Waals surface area contributed by atoms with E-state index in [-0.39, 0.29) is 5.56 Å². The number of aromatic nitrogens is 2. The van der Waals surface area contributed by atoms with Crippen LogP contribution in [-0.2, 0) is 4.74 Å². The highest BCUT2D eigenvalue weighted by molar-refractivity contribution is 5.93. The molecule has 2 aromatic rings. The highest BCUT2D eigenvalue weighted by Crippen LogP contribution is 2.35. The van der Waals surface area contributed by atoms with Crippen LogP contribution in [0.5, 0.6) is 11.5 Å². The summed E-state index contributed by atoms with van der Waals surface area (Å²) in [6.45, 7) is 4.47. The van der Waals surface area contributed by atoms with Crippen molar-refractivity contribution >= 4 is 11.9 Å². The Morgan fingerprint density at radius 1 is 1.18 bits per heavy atom. The lowest BCUT2D eigenvalue weighted by molar-refractivity contribution is 0.0675. The Hall–Kier alpha value is -3.07. The van der Waals surface area contributed by atoms with Gasteiger partial charge in [-0.25, -0.2) is 9.98 Å². The first-order valence-corrected chi connectivity index (χ1v) is 9.10. The Labute approximate surface area is 162 Å². The zero-order valence-corrected chi connectivity index (χ0v) is 16.1. The molecule has 0 unspecified atom stereocenters. The van der Waals surface area contributed by atoms with Crippen LogP contribution >= 0.6 is 0 Å². The topological polar surface area (TPSA) is 90.2 Å². The molecular weight excluding hydrogens is 362 g/mol. The van der Waals surface area contributed by atoms with Gasteiger partial charge in [0.05, 0.1) is 27.4 Å². The van der Waals surface area contributed by atoms with Crippen molar-refractivity contribution in [3.63, 3.8) is 0 Å². The van der Waals surface area contributed by atoms with Crippen molar-refractivity contribution in [3.8, 4) is 11.5 Å². The van der Waals surface area contributed by atoms with Crippen LogP contribution in [0.3, 0.4) is 0 Å². The Kier molecular flexibility index (Phi) is 4.91. The molecule has 1 saturated heterocycles. The highest BCUT2D eigenvalue weighted by Gasteiger charge is 2.30. The summed E-state index contributed by atoms with van der Waals surface area (Å²) in [6, 6.07) is 6.96. The zero-order valence-electron chi connectivity index (χ0n) is 16.1. The van der Waals surface area contributed by atoms with Crippen LogP contribution in [0.2, 0.25) is 0 Å². The summed E-state index contributed by atoms with van der Waals surface area (Å²) in [6.07, 6.45) is -0.625. The minimum Gasteiger partial charge on any atom is -0.497 e. The molecule has 3 heterocycles. The molecule has 2 aliphatic heterocycles. The Morgan fingerprint density at radius 3 is 2.68 bits per heavy atom. The molecule has 1 aromatic heterocycles. The van der Waals surface area contributed by atoms with Gasteiger partial charge in [0.25, 0.3) is 5.56 Å². The monoisotopic (exact) mass is 385 g/mol. The third-order valence-corrected chi connectivity index (χ3v) is 4.82. The number of methoxy groups -OCH3 is 2. The number of nitrogens with one attached hydrogen (secondary N) is 1. The van der Waals surface area contributed by atoms with E-state index in [1.165, 1.54) is 10.6 Å². The molecule has 2 aliphatic rings. The van der Waals surface area contributed by atoms with Crippen LogP contribution in [0.15, 0.2) is 34.1 Å². The van der Waals surface area contributed by atoms with Crippen molar-refractivity contribution in [3.05, 3.63) is 45.9 Å². The molecule has 0 amide bonds. The number of hydrogen-bond donors (Lipinski definition) is 1. The molecule has 1 fully saturated rings. The van der Waals surface area contributed by atoms with Gasteiger partial charge in [-0.15, -0.1) is 0 Å². The van der Waals surface area contributed by atoms with Crippen molar-refractivity contribution in [1.29, 1.82) is 0 Å². The third kappa shape index (κ3) is 3.29. The molecule has 0 spiro atoms. The van der Waals surface area contributed by atoms with Gasteiger partial charge in [0, 0.05) is 30.4 Å². The predicted molar refractivity (Wildman–Crippen MR) is 104 cm³/mol. The summed E-state index contributed by atoms with van der Waals surface area (Å²) in [7, 11) is 3.19. The lowest BCUT2D eigenvalue weighted by Gasteiger charge is -2.34. The summed E-state index contributed by atoms with van der Waals surface area (Å²) >= 11 is 0. The number of fused-ring (bicyclic) bond motifs is 1. The normalized spacial score (nSPS) is 18.8. The Bertz CT molecular complexity index is 965. The fourth-order valence-electron chi connectivity index (χ4n) is 3.42. The van der Waals surface area contributed by atoms with E-state index in [2.05, 4.69) is 15.2 Å². The molecule has 0 bridgehead atoms. The number of nitrogens with zero attached hydrogens (tertiary/aromatic N) is 4. The number of aliphatic imine (C=N–C) groups is 1. The summed E-state index contributed by atoms with van der Waals surface area (Å²) in [4.78, 5) is 24.3. The minimum absolute atomic E-state index is 0.186. The smallest absolute Gasteiger partial charge is 0.257 e. The van der Waals surface area contributed by atoms with Crippen LogP contribution in [0.1, 0.15) is 17.4 Å². The molecular formula is C19H23N5O4. The maximum Gasteiger partial charge on any atom is 0.257 e. The molecule has 4 rings (SSSR count). The first-order valence-electron chi connectivity index (χ1n) is 9.10. The summed E-state index contributed by atoms with van der Waals surface area (Å²) in [5.41, 5.74) is 1.18. The van der Waals surface area contributed by atoms with E-state index < -0.39 is 6.17 Å². The van der Waals surface area contributed by atoms with Gasteiger partial charge in [0.2, 0.25) is 11.9 Å². The molecule has 0 radical (unpaired) electrons. The van der Waals surface area contributed by atoms with E-state index in [9.17, 15) is 4.79 Å². The fourth-order valence-corrected chi connectivity index (χ4v) is 3.42. The van der Waals surface area contributed by atoms with Crippen molar-refractivity contribution < 1.29 is 14.2 Å². The van der Waals surface area contributed by atoms with Crippen molar-refractivity contribution in [2.24, 2.45) is 4.99 Å². The number of hydrogen-bond acceptors (Lipinski definition) is 8. The van der Waals surface area contributed by atoms with Crippen LogP contribution in [0, 0.1) is 6.92 Å². The lowest BCUT2D eigenvalue weighted by Crippen LogP contribution is -2.47. The SMILES string of the molecule is COc1ccc(OC)c([C@@H]2N=C(N3CCOCC3)Nc3nc(C)cc(=O)n32)c1. The quantitative estimate of drug-likeness (QED) is 0.850. The molecule has 9 heteroatoms. The number of guanidine groups is 1. The summed E-state index contributed by atoms with van der Waals surface area (Å²) in [5.74, 6) is 2.40. The van der Waals surface area contributed by atoms with Gasteiger partial charge in [-0.2, -0.15) is 0 Å². The van der Waals surface area contributed by atoms with E-state index in [0.717, 1.165) is 5.56 Å². The largest absolute Gasteiger partial charge is 0.497 e. The van der Waals surface area contributed by atoms with E-state index in [1.54, 1.807) is 21.1 Å². The van der Waals surface area contributed by atoms with Gasteiger partial charge in [-0.1, -0.05) is 0 Å². The molecule has 9 nitrogen and oxygen atoms in total. The molecule has 148 valence electrons. The average molecular weight is 385 g/mol. The number of anilines is 1. The van der Waals surface area contributed by atoms with E-state index >= 15 is 0 Å². The Balaban J connectivity index is 1.88. The predicted octanol–water partition coefficient (Wildman–Crippen LogP) is 1.23. The standard InChI is InChI=1S/C19H23N5O4/c1-12-10-16(25)24-17(14-11-13(26-2)4-5-15(14)27-3)21-18(22-19(24)20-12)23-6-8-28-9-7-23/h4-5,10-11,17H,6-9H2,1-3H3,(H,20,21,22)/t17-/m1/s1. The van der Waals surface area contributed by atoms with Gasteiger partial charge in [-0.3, -0.25) is 14.7 Å². The highest BCUT2D eigenvalue weighted by atomic mass is 16.5. The third-order valence-electron chi connectivity index (χ3n) is 4.82. The second-order valence-electron chi connectivity index (χ2n) is 6.59. The van der Waals surface area contributed by atoms with Gasteiger partial charge in [0.1, 0.15) is 11.5 Å². The van der Waals surface area contributed by atoms with Crippen LogP contribution in [-0.4, -0.2) is 60.9 Å². The molecule has 28 heavy (non-hydrogen) atoms. The van der Waals surface area contributed by atoms with Crippen LogP contribution in [0.25, 0.3) is 0 Å². The van der Waals surface area contributed by atoms with E-state index in [0.29, 0.717) is 55.4 Å². The van der Waals surface area contributed by atoms with Gasteiger partial charge in [-0.05, 0) is 25.1 Å². The lowest BCUT2D eigenvalue weighted by atomic mass is 10.1. The first kappa shape index (κ1) is 18.3. The molecule has 1 atom stereocenters. The number of ether oxygens (including phenoxy) is 3. The molecule has 0 aliphatic carbocycles. The zero-order chi connectivity index (χ0) is 19.7. The van der Waals surface area contributed by atoms with Gasteiger partial charge in [0.15, 0.2) is 6.17 Å². The maximum atomic E-state index is 12.8. The number of morpholine rings is 1. The van der Waals surface area contributed by atoms with Gasteiger partial charge < -0.3 is 19.1 Å². The molecule has 0 saturated carbocycles. The number of rotatable bonds is 3. The molecule has 1 aromatic carbocycles.